The van der Waals surface area contributed by atoms with Crippen LogP contribution in [0.2, 0.25) is 0 Å². The molecule has 26 heavy (non-hydrogen) atoms. The van der Waals surface area contributed by atoms with Crippen LogP contribution in [0.4, 0.5) is 16.5 Å². The van der Waals surface area contributed by atoms with Crippen LogP contribution in [0, 0.1) is 0 Å². The number of methoxy groups -OCH3 is 2. The van der Waals surface area contributed by atoms with E-state index in [1.54, 1.807) is 25.7 Å². The van der Waals surface area contributed by atoms with Crippen molar-refractivity contribution in [2.45, 2.75) is 0 Å². The van der Waals surface area contributed by atoms with Gasteiger partial charge in [0.15, 0.2) is 5.13 Å². The highest BCUT2D eigenvalue weighted by molar-refractivity contribution is 9.10. The number of nitrogens with one attached hydrogen (secondary N) is 2. The SMILES string of the molecule is COc1ccc(Nc2nc(C(=O)Nc3ccc(Br)cc3)cs2)c(OC)c1. The molecule has 2 aromatic carbocycles. The van der Waals surface area contributed by atoms with Gasteiger partial charge in [0.1, 0.15) is 17.2 Å². The van der Waals surface area contributed by atoms with Gasteiger partial charge in [-0.3, -0.25) is 4.79 Å². The molecule has 1 amide bonds. The number of aromatic nitrogens is 1. The molecule has 0 radical (unpaired) electrons. The largest absolute Gasteiger partial charge is 0.497 e. The molecular weight excluding hydrogens is 418 g/mol. The van der Waals surface area contributed by atoms with E-state index in [0.717, 1.165) is 10.2 Å². The number of amides is 1. The van der Waals surface area contributed by atoms with Gasteiger partial charge in [-0.05, 0) is 36.4 Å². The zero-order valence-corrected chi connectivity index (χ0v) is 16.5. The molecule has 0 atom stereocenters. The van der Waals surface area contributed by atoms with Crippen LogP contribution in [-0.4, -0.2) is 25.1 Å². The predicted molar refractivity (Wildman–Crippen MR) is 107 cm³/mol. The number of anilines is 3. The van der Waals surface area contributed by atoms with Gasteiger partial charge >= 0.3 is 0 Å². The van der Waals surface area contributed by atoms with E-state index in [1.165, 1.54) is 11.3 Å². The minimum atomic E-state index is -0.265. The minimum absolute atomic E-state index is 0.265. The number of benzene rings is 2. The number of hydrogen-bond acceptors (Lipinski definition) is 6. The average Bonchev–Trinajstić information content (AvgIpc) is 3.12. The number of nitrogens with zero attached hydrogens (tertiary/aromatic N) is 1. The number of rotatable bonds is 6. The van der Waals surface area contributed by atoms with Crippen molar-refractivity contribution >= 4 is 49.7 Å². The Labute approximate surface area is 163 Å². The Hall–Kier alpha value is -2.58. The second kappa shape index (κ2) is 8.20. The first-order valence-electron chi connectivity index (χ1n) is 7.60. The maximum Gasteiger partial charge on any atom is 0.275 e. The third-order valence-corrected chi connectivity index (χ3v) is 4.78. The summed E-state index contributed by atoms with van der Waals surface area (Å²) in [5, 5.41) is 8.27. The molecule has 8 heteroatoms. The zero-order valence-electron chi connectivity index (χ0n) is 14.1. The van der Waals surface area contributed by atoms with Gasteiger partial charge in [0, 0.05) is 21.6 Å². The number of carbonyl (C=O) groups excluding carboxylic acids is 1. The van der Waals surface area contributed by atoms with E-state index in [-0.39, 0.29) is 5.91 Å². The fourth-order valence-corrected chi connectivity index (χ4v) is 3.15. The number of halogens is 1. The van der Waals surface area contributed by atoms with Crippen LogP contribution in [0.5, 0.6) is 11.5 Å². The number of hydrogen-bond donors (Lipinski definition) is 2. The lowest BCUT2D eigenvalue weighted by Crippen LogP contribution is -2.12. The minimum Gasteiger partial charge on any atom is -0.497 e. The third-order valence-electron chi connectivity index (χ3n) is 3.49. The molecule has 134 valence electrons. The monoisotopic (exact) mass is 433 g/mol. The molecule has 0 spiro atoms. The first-order chi connectivity index (χ1) is 12.6. The Bertz CT molecular complexity index is 912. The predicted octanol–water partition coefficient (Wildman–Crippen LogP) is 4.92. The molecule has 2 N–H and O–H groups in total. The maximum absolute atomic E-state index is 12.3. The van der Waals surface area contributed by atoms with Gasteiger partial charge in [-0.2, -0.15) is 0 Å². The summed E-state index contributed by atoms with van der Waals surface area (Å²) in [7, 11) is 3.18. The van der Waals surface area contributed by atoms with Crippen LogP contribution >= 0.6 is 27.3 Å². The normalized spacial score (nSPS) is 10.3. The highest BCUT2D eigenvalue weighted by Crippen LogP contribution is 2.32. The standard InChI is InChI=1S/C18H16BrN3O3S/c1-24-13-7-8-14(16(9-13)25-2)21-18-22-15(10-26-18)17(23)20-12-5-3-11(19)4-6-12/h3-10H,1-2H3,(H,20,23)(H,21,22). The number of thiazole rings is 1. The molecule has 3 rings (SSSR count). The van der Waals surface area contributed by atoms with Crippen LogP contribution in [0.15, 0.2) is 52.3 Å². The summed E-state index contributed by atoms with van der Waals surface area (Å²) in [6, 6.07) is 12.8. The lowest BCUT2D eigenvalue weighted by Gasteiger charge is -2.10. The first kappa shape index (κ1) is 18.2. The van der Waals surface area contributed by atoms with E-state index >= 15 is 0 Å². The molecule has 1 heterocycles. The smallest absolute Gasteiger partial charge is 0.275 e. The van der Waals surface area contributed by atoms with Crippen molar-refractivity contribution in [2.75, 3.05) is 24.9 Å². The second-order valence-electron chi connectivity index (χ2n) is 5.19. The van der Waals surface area contributed by atoms with Crippen LogP contribution in [-0.2, 0) is 0 Å². The Balaban J connectivity index is 1.71. The number of ether oxygens (including phenoxy) is 2. The van der Waals surface area contributed by atoms with Gasteiger partial charge in [-0.25, -0.2) is 4.98 Å². The molecule has 6 nitrogen and oxygen atoms in total. The van der Waals surface area contributed by atoms with Gasteiger partial charge in [0.25, 0.3) is 5.91 Å². The third kappa shape index (κ3) is 4.33. The van der Waals surface area contributed by atoms with Crippen molar-refractivity contribution in [3.8, 4) is 11.5 Å². The molecule has 0 aliphatic rings. The number of carbonyl (C=O) groups is 1. The Morgan fingerprint density at radius 2 is 1.88 bits per heavy atom. The summed E-state index contributed by atoms with van der Waals surface area (Å²) < 4.78 is 11.5. The van der Waals surface area contributed by atoms with Crippen molar-refractivity contribution in [1.82, 2.24) is 4.98 Å². The van der Waals surface area contributed by atoms with Crippen LogP contribution in [0.25, 0.3) is 0 Å². The molecule has 0 saturated carbocycles. The van der Waals surface area contributed by atoms with Gasteiger partial charge in [-0.15, -0.1) is 11.3 Å². The topological polar surface area (TPSA) is 72.5 Å². The van der Waals surface area contributed by atoms with E-state index in [1.807, 2.05) is 36.4 Å². The van der Waals surface area contributed by atoms with Gasteiger partial charge < -0.3 is 20.1 Å². The van der Waals surface area contributed by atoms with Crippen molar-refractivity contribution in [2.24, 2.45) is 0 Å². The molecule has 0 unspecified atom stereocenters. The lowest BCUT2D eigenvalue weighted by atomic mass is 10.3. The molecule has 0 aliphatic heterocycles. The summed E-state index contributed by atoms with van der Waals surface area (Å²) >= 11 is 4.70. The molecule has 1 aromatic heterocycles. The van der Waals surface area contributed by atoms with Crippen molar-refractivity contribution in [3.63, 3.8) is 0 Å². The van der Waals surface area contributed by atoms with Crippen LogP contribution in [0.1, 0.15) is 10.5 Å². The summed E-state index contributed by atoms with van der Waals surface area (Å²) in [6.07, 6.45) is 0. The van der Waals surface area contributed by atoms with E-state index in [0.29, 0.717) is 28.0 Å². The van der Waals surface area contributed by atoms with Gasteiger partial charge in [-0.1, -0.05) is 15.9 Å². The maximum atomic E-state index is 12.3. The second-order valence-corrected chi connectivity index (χ2v) is 6.96. The van der Waals surface area contributed by atoms with E-state index in [9.17, 15) is 4.79 Å². The average molecular weight is 434 g/mol. The molecule has 0 fully saturated rings. The Morgan fingerprint density at radius 1 is 1.12 bits per heavy atom. The Morgan fingerprint density at radius 3 is 2.58 bits per heavy atom. The lowest BCUT2D eigenvalue weighted by molar-refractivity contribution is 0.102. The van der Waals surface area contributed by atoms with Crippen molar-refractivity contribution in [3.05, 3.63) is 58.0 Å². The van der Waals surface area contributed by atoms with Crippen LogP contribution in [0.3, 0.4) is 0 Å². The van der Waals surface area contributed by atoms with Crippen LogP contribution < -0.4 is 20.1 Å². The summed E-state index contributed by atoms with van der Waals surface area (Å²) in [5.74, 6) is 1.06. The van der Waals surface area contributed by atoms with E-state index in [2.05, 4.69) is 31.5 Å². The zero-order chi connectivity index (χ0) is 18.5. The van der Waals surface area contributed by atoms with Gasteiger partial charge in [0.2, 0.25) is 0 Å². The van der Waals surface area contributed by atoms with E-state index in [4.69, 9.17) is 9.47 Å². The molecular formula is C18H16BrN3O3S. The quantitative estimate of drug-likeness (QED) is 0.576. The van der Waals surface area contributed by atoms with E-state index < -0.39 is 0 Å². The van der Waals surface area contributed by atoms with Crippen molar-refractivity contribution in [1.29, 1.82) is 0 Å². The van der Waals surface area contributed by atoms with Gasteiger partial charge in [0.05, 0.1) is 19.9 Å². The molecule has 0 aliphatic carbocycles. The highest BCUT2D eigenvalue weighted by atomic mass is 79.9. The van der Waals surface area contributed by atoms with Crippen molar-refractivity contribution < 1.29 is 14.3 Å². The molecule has 0 saturated heterocycles. The highest BCUT2D eigenvalue weighted by Gasteiger charge is 2.13. The summed E-state index contributed by atoms with van der Waals surface area (Å²) in [5.41, 5.74) is 1.79. The Kier molecular flexibility index (Phi) is 5.75. The molecule has 0 bridgehead atoms. The fourth-order valence-electron chi connectivity index (χ4n) is 2.18. The molecule has 3 aromatic rings. The fraction of sp³-hybridized carbons (Fsp3) is 0.111. The first-order valence-corrected chi connectivity index (χ1v) is 9.28. The summed E-state index contributed by atoms with van der Waals surface area (Å²) in [6.45, 7) is 0. The summed E-state index contributed by atoms with van der Waals surface area (Å²) in [4.78, 5) is 16.7.